The van der Waals surface area contributed by atoms with Crippen molar-refractivity contribution in [2.24, 2.45) is 7.05 Å². The van der Waals surface area contributed by atoms with Crippen LogP contribution in [0, 0.1) is 13.8 Å². The first-order valence-corrected chi connectivity index (χ1v) is 8.68. The highest BCUT2D eigenvalue weighted by Gasteiger charge is 2.07. The molecule has 2 aromatic heterocycles. The summed E-state index contributed by atoms with van der Waals surface area (Å²) in [5.74, 6) is -0.175. The Morgan fingerprint density at radius 2 is 2.04 bits per heavy atom. The largest absolute Gasteiger partial charge is 0.320 e. The number of hydrogen-bond acceptors (Lipinski definition) is 4. The van der Waals surface area contributed by atoms with Crippen molar-refractivity contribution in [2.45, 2.75) is 34.2 Å². The highest BCUT2D eigenvalue weighted by Crippen LogP contribution is 2.14. The maximum atomic E-state index is 12.1. The molecule has 136 valence electrons. The molecule has 0 fully saturated rings. The summed E-state index contributed by atoms with van der Waals surface area (Å²) in [5, 5.41) is 11.5. The predicted molar refractivity (Wildman–Crippen MR) is 100 cm³/mol. The fraction of sp³-hybridized carbons (Fsp3) is 0.500. The molecule has 2 heterocycles. The summed E-state index contributed by atoms with van der Waals surface area (Å²) in [6, 6.07) is 0. The quantitative estimate of drug-likeness (QED) is 0.746. The number of nitrogens with zero attached hydrogens (tertiary/aromatic N) is 5. The second-order valence-corrected chi connectivity index (χ2v) is 6.05. The molecule has 0 radical (unpaired) electrons. The smallest absolute Gasteiger partial charge is 0.248 e. The van der Waals surface area contributed by atoms with Crippen molar-refractivity contribution in [3.05, 3.63) is 35.4 Å². The Labute approximate surface area is 149 Å². The molecule has 2 rings (SSSR count). The Morgan fingerprint density at radius 3 is 2.64 bits per heavy atom. The molecular weight excluding hydrogens is 316 g/mol. The van der Waals surface area contributed by atoms with E-state index in [4.69, 9.17) is 0 Å². The number of carbonyl (C=O) groups is 1. The van der Waals surface area contributed by atoms with Gasteiger partial charge in [-0.05, 0) is 33.0 Å². The molecule has 0 atom stereocenters. The van der Waals surface area contributed by atoms with Gasteiger partial charge in [0, 0.05) is 37.1 Å². The van der Waals surface area contributed by atoms with Crippen molar-refractivity contribution in [1.29, 1.82) is 0 Å². The highest BCUT2D eigenvalue weighted by atomic mass is 16.1. The monoisotopic (exact) mass is 344 g/mol. The molecule has 1 N–H and O–H groups in total. The van der Waals surface area contributed by atoms with Gasteiger partial charge in [0.25, 0.3) is 0 Å². The van der Waals surface area contributed by atoms with E-state index in [1.165, 1.54) is 6.08 Å². The Hall–Kier alpha value is -2.41. The van der Waals surface area contributed by atoms with Crippen LogP contribution >= 0.6 is 0 Å². The normalized spacial score (nSPS) is 11.6. The number of aromatic nitrogens is 4. The number of likely N-dealkylation sites (N-methyl/N-ethyl adjacent to an activating group) is 1. The van der Waals surface area contributed by atoms with E-state index in [9.17, 15) is 4.79 Å². The molecule has 0 unspecified atom stereocenters. The average molecular weight is 344 g/mol. The van der Waals surface area contributed by atoms with Gasteiger partial charge in [-0.25, -0.2) is 0 Å². The summed E-state index contributed by atoms with van der Waals surface area (Å²) in [6.07, 6.45) is 6.87. The number of anilines is 1. The van der Waals surface area contributed by atoms with E-state index in [2.05, 4.69) is 34.3 Å². The molecule has 0 aliphatic carbocycles. The van der Waals surface area contributed by atoms with Crippen LogP contribution in [0.5, 0.6) is 0 Å². The van der Waals surface area contributed by atoms with Gasteiger partial charge < -0.3 is 10.2 Å². The van der Waals surface area contributed by atoms with Crippen molar-refractivity contribution in [2.75, 3.05) is 25.0 Å². The summed E-state index contributed by atoms with van der Waals surface area (Å²) in [7, 11) is 1.90. The Bertz CT molecular complexity index is 739. The van der Waals surface area contributed by atoms with E-state index in [1.807, 2.05) is 36.5 Å². The van der Waals surface area contributed by atoms with Gasteiger partial charge in [-0.3, -0.25) is 14.2 Å². The lowest BCUT2D eigenvalue weighted by Gasteiger charge is -2.17. The molecule has 0 bridgehead atoms. The molecule has 0 spiro atoms. The van der Waals surface area contributed by atoms with Crippen LogP contribution < -0.4 is 5.32 Å². The van der Waals surface area contributed by atoms with Crippen LogP contribution in [0.25, 0.3) is 6.08 Å². The van der Waals surface area contributed by atoms with Crippen molar-refractivity contribution in [3.63, 3.8) is 0 Å². The van der Waals surface area contributed by atoms with Crippen LogP contribution in [-0.2, 0) is 18.4 Å². The molecule has 0 aliphatic rings. The van der Waals surface area contributed by atoms with Crippen molar-refractivity contribution < 1.29 is 4.79 Å². The second kappa shape index (κ2) is 8.62. The summed E-state index contributed by atoms with van der Waals surface area (Å²) in [4.78, 5) is 14.4. The Kier molecular flexibility index (Phi) is 6.52. The molecule has 0 saturated carbocycles. The van der Waals surface area contributed by atoms with Crippen LogP contribution in [0.4, 0.5) is 5.69 Å². The van der Waals surface area contributed by atoms with Crippen LogP contribution in [0.3, 0.4) is 0 Å². The topological polar surface area (TPSA) is 68.0 Å². The number of hydrogen-bond donors (Lipinski definition) is 1. The second-order valence-electron chi connectivity index (χ2n) is 6.05. The maximum absolute atomic E-state index is 12.1. The van der Waals surface area contributed by atoms with Gasteiger partial charge in [0.2, 0.25) is 5.91 Å². The number of rotatable bonds is 8. The fourth-order valence-electron chi connectivity index (χ4n) is 2.71. The number of aryl methyl sites for hydroxylation is 2. The maximum Gasteiger partial charge on any atom is 0.248 e. The van der Waals surface area contributed by atoms with E-state index >= 15 is 0 Å². The predicted octanol–water partition coefficient (Wildman–Crippen LogP) is 2.23. The van der Waals surface area contributed by atoms with Crippen LogP contribution in [0.2, 0.25) is 0 Å². The zero-order valence-electron chi connectivity index (χ0n) is 15.8. The van der Waals surface area contributed by atoms with E-state index in [-0.39, 0.29) is 5.91 Å². The molecule has 7 nitrogen and oxygen atoms in total. The van der Waals surface area contributed by atoms with Gasteiger partial charge in [0.1, 0.15) is 0 Å². The first kappa shape index (κ1) is 18.9. The van der Waals surface area contributed by atoms with Crippen LogP contribution in [-0.4, -0.2) is 50.0 Å². The Balaban J connectivity index is 1.91. The lowest BCUT2D eigenvalue weighted by atomic mass is 10.2. The number of amides is 1. The van der Waals surface area contributed by atoms with E-state index in [0.29, 0.717) is 5.69 Å². The third-order valence-corrected chi connectivity index (χ3v) is 4.41. The van der Waals surface area contributed by atoms with Gasteiger partial charge >= 0.3 is 0 Å². The van der Waals surface area contributed by atoms with E-state index < -0.39 is 0 Å². The van der Waals surface area contributed by atoms with Crippen molar-refractivity contribution >= 4 is 17.7 Å². The zero-order chi connectivity index (χ0) is 18.4. The molecule has 0 aromatic carbocycles. The van der Waals surface area contributed by atoms with Gasteiger partial charge in [0.05, 0.1) is 24.1 Å². The third kappa shape index (κ3) is 5.03. The lowest BCUT2D eigenvalue weighted by molar-refractivity contribution is -0.111. The summed E-state index contributed by atoms with van der Waals surface area (Å²) >= 11 is 0. The molecule has 0 aliphatic heterocycles. The van der Waals surface area contributed by atoms with Gasteiger partial charge in [0.15, 0.2) is 0 Å². The third-order valence-electron chi connectivity index (χ3n) is 4.41. The summed E-state index contributed by atoms with van der Waals surface area (Å²) in [5.41, 5.74) is 3.63. The summed E-state index contributed by atoms with van der Waals surface area (Å²) < 4.78 is 3.67. The minimum absolute atomic E-state index is 0.175. The van der Waals surface area contributed by atoms with Gasteiger partial charge in [-0.1, -0.05) is 13.8 Å². The Morgan fingerprint density at radius 1 is 1.32 bits per heavy atom. The summed E-state index contributed by atoms with van der Waals surface area (Å²) in [6.45, 7) is 12.0. The molecular formula is C18H28N6O. The first-order valence-electron chi connectivity index (χ1n) is 8.68. The lowest BCUT2D eigenvalue weighted by Crippen LogP contribution is -2.27. The molecule has 25 heavy (non-hydrogen) atoms. The van der Waals surface area contributed by atoms with Crippen LogP contribution in [0.1, 0.15) is 30.8 Å². The van der Waals surface area contributed by atoms with Crippen molar-refractivity contribution in [3.8, 4) is 0 Å². The SMILES string of the molecule is CCN(CC)CCn1cc(NC(=O)/C=C/c2c(C)nn(C)c2C)cn1. The van der Waals surface area contributed by atoms with Gasteiger partial charge in [-0.15, -0.1) is 0 Å². The minimum Gasteiger partial charge on any atom is -0.320 e. The van der Waals surface area contributed by atoms with E-state index in [0.717, 1.165) is 43.1 Å². The zero-order valence-corrected chi connectivity index (χ0v) is 15.8. The van der Waals surface area contributed by atoms with Crippen LogP contribution in [0.15, 0.2) is 18.5 Å². The standard InChI is InChI=1S/C18H28N6O/c1-6-23(7-2)10-11-24-13-16(12-19-24)20-18(25)9-8-17-14(3)21-22(5)15(17)4/h8-9,12-13H,6-7,10-11H2,1-5H3,(H,20,25)/b9-8+. The number of nitrogens with one attached hydrogen (secondary N) is 1. The molecule has 1 amide bonds. The average Bonchev–Trinajstić information content (AvgIpc) is 3.12. The molecule has 0 saturated heterocycles. The highest BCUT2D eigenvalue weighted by molar-refractivity contribution is 6.01. The fourth-order valence-corrected chi connectivity index (χ4v) is 2.71. The minimum atomic E-state index is -0.175. The van der Waals surface area contributed by atoms with Gasteiger partial charge in [-0.2, -0.15) is 10.2 Å². The van der Waals surface area contributed by atoms with Crippen molar-refractivity contribution in [1.82, 2.24) is 24.5 Å². The molecule has 2 aromatic rings. The first-order chi connectivity index (χ1) is 11.9. The number of carbonyl (C=O) groups excluding carboxylic acids is 1. The molecule has 7 heteroatoms. The van der Waals surface area contributed by atoms with E-state index in [1.54, 1.807) is 12.3 Å².